The molecule has 0 N–H and O–H groups in total. The fraction of sp³-hybridized carbons (Fsp3) is 0.0488. The summed E-state index contributed by atoms with van der Waals surface area (Å²) in [5, 5.41) is 24.7. The van der Waals surface area contributed by atoms with E-state index in [1.54, 1.807) is 0 Å². The SMILES string of the molecule is CC12C3=CC=CC1c1ccc4c(c1N2c1ccccc13)-c1ccccc1C41c2cc(-c3ccc(N(c4cccc(C#N)c4)c4ccc5oc6ccccc6c5c4)cc3)ccc2-c2ccc(N(c3cccc(C#N)c3)c3ccc4oc5ccccc5c4c3)cc21. The molecule has 0 bridgehead atoms. The Morgan fingerprint density at radius 1 is 0.416 bits per heavy atom. The molecular weight excluding hydrogens is 1090 g/mol. The maximum absolute atomic E-state index is 10.4. The van der Waals surface area contributed by atoms with E-state index in [0.717, 1.165) is 89.1 Å². The van der Waals surface area contributed by atoms with Gasteiger partial charge in [-0.25, -0.2) is 0 Å². The highest BCUT2D eigenvalue weighted by atomic mass is 16.3. The lowest BCUT2D eigenvalue weighted by Crippen LogP contribution is -2.40. The third kappa shape index (κ3) is 6.63. The van der Waals surface area contributed by atoms with Crippen molar-refractivity contribution in [3.63, 3.8) is 0 Å². The number of benzene rings is 12. The van der Waals surface area contributed by atoms with Gasteiger partial charge < -0.3 is 23.5 Å². The first-order valence-electron chi connectivity index (χ1n) is 30.3. The van der Waals surface area contributed by atoms with Crippen LogP contribution < -0.4 is 14.7 Å². The average molecular weight is 1140 g/mol. The molecule has 7 nitrogen and oxygen atoms in total. The first-order valence-corrected chi connectivity index (χ1v) is 30.3. The van der Waals surface area contributed by atoms with Gasteiger partial charge in [-0.1, -0.05) is 152 Å². The number of nitrogens with zero attached hydrogens (tertiary/aromatic N) is 5. The molecule has 12 aromatic carbocycles. The number of fused-ring (bicyclic) bond motifs is 23. The molecular formula is C82H49N5O2. The maximum Gasteiger partial charge on any atom is 0.135 e. The molecule has 89 heavy (non-hydrogen) atoms. The Morgan fingerprint density at radius 2 is 0.955 bits per heavy atom. The fourth-order valence-electron chi connectivity index (χ4n) is 16.2. The summed E-state index contributed by atoms with van der Waals surface area (Å²) in [5.74, 6) is 0.144. The number of allylic oxidation sites excluding steroid dienone is 2. The van der Waals surface area contributed by atoms with Crippen LogP contribution in [0.15, 0.2) is 282 Å². The van der Waals surface area contributed by atoms with Gasteiger partial charge in [-0.3, -0.25) is 0 Å². The largest absolute Gasteiger partial charge is 0.456 e. The van der Waals surface area contributed by atoms with Crippen LogP contribution in [0.2, 0.25) is 0 Å². The van der Waals surface area contributed by atoms with Crippen LogP contribution in [0.4, 0.5) is 45.5 Å². The van der Waals surface area contributed by atoms with Crippen molar-refractivity contribution in [2.75, 3.05) is 14.7 Å². The second-order valence-electron chi connectivity index (χ2n) is 24.3. The van der Waals surface area contributed by atoms with E-state index in [1.165, 1.54) is 72.6 Å². The van der Waals surface area contributed by atoms with Gasteiger partial charge in [0.05, 0.1) is 39.9 Å². The minimum Gasteiger partial charge on any atom is -0.456 e. The molecule has 1 spiro atoms. The van der Waals surface area contributed by atoms with Gasteiger partial charge in [0.2, 0.25) is 0 Å². The lowest BCUT2D eigenvalue weighted by Gasteiger charge is -2.37. The van der Waals surface area contributed by atoms with Gasteiger partial charge in [-0.2, -0.15) is 10.5 Å². The Labute approximate surface area is 513 Å². The third-order valence-electron chi connectivity index (χ3n) is 19.9. The van der Waals surface area contributed by atoms with Crippen molar-refractivity contribution in [3.05, 3.63) is 318 Å². The molecule has 0 fully saturated rings. The van der Waals surface area contributed by atoms with Crippen LogP contribution in [-0.2, 0) is 5.41 Å². The molecule has 0 radical (unpaired) electrons. The molecule has 3 aliphatic carbocycles. The minimum atomic E-state index is -0.774. The van der Waals surface area contributed by atoms with E-state index in [2.05, 4.69) is 234 Å². The topological polar surface area (TPSA) is 83.6 Å². The van der Waals surface area contributed by atoms with E-state index in [0.29, 0.717) is 11.1 Å². The first kappa shape index (κ1) is 49.4. The summed E-state index contributed by atoms with van der Waals surface area (Å²) >= 11 is 0. The number of hydrogen-bond acceptors (Lipinski definition) is 7. The third-order valence-corrected chi connectivity index (χ3v) is 19.9. The molecule has 0 amide bonds. The van der Waals surface area contributed by atoms with E-state index in [9.17, 15) is 10.5 Å². The Hall–Kier alpha value is -11.9. The van der Waals surface area contributed by atoms with Crippen molar-refractivity contribution >= 4 is 94.9 Å². The van der Waals surface area contributed by atoms with Crippen molar-refractivity contribution in [2.24, 2.45) is 0 Å². The number of para-hydroxylation sites is 3. The highest BCUT2D eigenvalue weighted by molar-refractivity contribution is 6.10. The summed E-state index contributed by atoms with van der Waals surface area (Å²) < 4.78 is 12.7. The quantitative estimate of drug-likeness (QED) is 0.157. The van der Waals surface area contributed by atoms with Crippen molar-refractivity contribution in [3.8, 4) is 45.5 Å². The lowest BCUT2D eigenvalue weighted by atomic mass is 9.69. The van der Waals surface area contributed by atoms with E-state index in [-0.39, 0.29) is 11.5 Å². The van der Waals surface area contributed by atoms with Gasteiger partial charge >= 0.3 is 0 Å². The van der Waals surface area contributed by atoms with Crippen molar-refractivity contribution < 1.29 is 8.83 Å². The first-order chi connectivity index (χ1) is 43.9. The molecule has 14 aromatic rings. The molecule has 3 atom stereocenters. The Morgan fingerprint density at radius 3 is 1.64 bits per heavy atom. The standard InChI is InChI=1S/C82H49N5O2/c1-81-68-22-12-23-69(81)65-37-38-71-79(80(65)87(81)74-24-7-3-19-63(68)74)64-20-2-6-21-70(64)82(71)72-43-52(51-27-30-53(31-28-51)85(54-15-10-13-49(41-54)47-83)56-33-39-77-66(44-56)61-17-4-8-25-75(61)88-77)29-35-59(72)60-36-32-58(46-73(60)82)86(55-16-11-14-50(42-55)48-84)57-34-40-78-67(45-57)62-18-5-9-26-76(62)89-78/h2-46,69H,1H3. The molecule has 2 aromatic heterocycles. The maximum atomic E-state index is 10.4. The van der Waals surface area contributed by atoms with E-state index in [4.69, 9.17) is 8.83 Å². The van der Waals surface area contributed by atoms with Crippen LogP contribution in [0.5, 0.6) is 0 Å². The predicted octanol–water partition coefficient (Wildman–Crippen LogP) is 21.1. The second-order valence-corrected chi connectivity index (χ2v) is 24.3. The number of hydrogen-bond donors (Lipinski definition) is 0. The number of furan rings is 2. The molecule has 2 aliphatic heterocycles. The zero-order valence-electron chi connectivity index (χ0n) is 48.1. The zero-order chi connectivity index (χ0) is 58.9. The molecule has 19 rings (SSSR count). The fourth-order valence-corrected chi connectivity index (χ4v) is 16.2. The predicted molar refractivity (Wildman–Crippen MR) is 358 cm³/mol. The summed E-state index contributed by atoms with van der Waals surface area (Å²) in [5.41, 5.74) is 27.5. The van der Waals surface area contributed by atoms with Crippen LogP contribution >= 0.6 is 0 Å². The summed E-state index contributed by atoms with van der Waals surface area (Å²) in [6.45, 7) is 2.45. The van der Waals surface area contributed by atoms with Crippen molar-refractivity contribution in [1.82, 2.24) is 0 Å². The van der Waals surface area contributed by atoms with Crippen LogP contribution in [0.3, 0.4) is 0 Å². The number of nitriles is 2. The van der Waals surface area contributed by atoms with Crippen molar-refractivity contribution in [1.29, 1.82) is 10.5 Å². The Kier molecular flexibility index (Phi) is 10.0. The minimum absolute atomic E-state index is 0.144. The molecule has 3 unspecified atom stereocenters. The Balaban J connectivity index is 0.828. The van der Waals surface area contributed by atoms with Crippen LogP contribution in [-0.4, -0.2) is 5.54 Å². The second kappa shape index (κ2) is 18.1. The smallest absolute Gasteiger partial charge is 0.135 e. The monoisotopic (exact) mass is 1140 g/mol. The van der Waals surface area contributed by atoms with E-state index < -0.39 is 5.41 Å². The Bertz CT molecular complexity index is 5610. The molecule has 5 aliphatic rings. The summed E-state index contributed by atoms with van der Waals surface area (Å²) in [4.78, 5) is 7.22. The average Bonchev–Trinajstić information content (AvgIpc) is 1.49. The molecule has 414 valence electrons. The highest BCUT2D eigenvalue weighted by Crippen LogP contribution is 2.71. The van der Waals surface area contributed by atoms with Gasteiger partial charge in [0.15, 0.2) is 0 Å². The van der Waals surface area contributed by atoms with E-state index in [1.807, 2.05) is 72.8 Å². The molecule has 7 heteroatoms. The van der Waals surface area contributed by atoms with Gasteiger partial charge in [0.25, 0.3) is 0 Å². The van der Waals surface area contributed by atoms with Crippen LogP contribution in [0, 0.1) is 22.7 Å². The van der Waals surface area contributed by atoms with Gasteiger partial charge in [-0.05, 0) is 189 Å². The summed E-state index contributed by atoms with van der Waals surface area (Å²) in [7, 11) is 0. The van der Waals surface area contributed by atoms with Crippen LogP contribution in [0.1, 0.15) is 57.3 Å². The van der Waals surface area contributed by atoms with Gasteiger partial charge in [0, 0.05) is 78.4 Å². The van der Waals surface area contributed by atoms with E-state index >= 15 is 0 Å². The number of anilines is 8. The molecule has 0 saturated heterocycles. The zero-order valence-corrected chi connectivity index (χ0v) is 48.1. The summed E-state index contributed by atoms with van der Waals surface area (Å²) in [6.07, 6.45) is 7.03. The molecule has 4 heterocycles. The molecule has 0 saturated carbocycles. The lowest BCUT2D eigenvalue weighted by molar-refractivity contribution is 0.576. The van der Waals surface area contributed by atoms with Crippen LogP contribution in [0.25, 0.3) is 82.8 Å². The van der Waals surface area contributed by atoms with Gasteiger partial charge in [-0.15, -0.1) is 0 Å². The highest BCUT2D eigenvalue weighted by Gasteiger charge is 2.60. The number of rotatable bonds is 7. The normalized spacial score (nSPS) is 17.4. The van der Waals surface area contributed by atoms with Gasteiger partial charge in [0.1, 0.15) is 22.3 Å². The summed E-state index contributed by atoms with van der Waals surface area (Å²) in [6, 6.07) is 95.8. The van der Waals surface area contributed by atoms with Crippen molar-refractivity contribution in [2.45, 2.75) is 23.8 Å².